The fourth-order valence-electron chi connectivity index (χ4n) is 5.61. The number of allylic oxidation sites excluding steroid dienone is 4. The number of ether oxygens (including phenoxy) is 2. The molecule has 0 spiro atoms. The van der Waals surface area contributed by atoms with Gasteiger partial charge in [-0.2, -0.15) is 0 Å². The van der Waals surface area contributed by atoms with Gasteiger partial charge in [-0.15, -0.1) is 0 Å². The maximum Gasteiger partial charge on any atom is 0.343 e. The van der Waals surface area contributed by atoms with Crippen LogP contribution in [0.1, 0.15) is 53.4 Å². The van der Waals surface area contributed by atoms with Crippen LogP contribution in [0.4, 0.5) is 0 Å². The number of carbonyl (C=O) groups excluding carboxylic acids is 3. The van der Waals surface area contributed by atoms with Gasteiger partial charge in [-0.25, -0.2) is 4.79 Å². The Labute approximate surface area is 171 Å². The van der Waals surface area contributed by atoms with Crippen LogP contribution in [-0.4, -0.2) is 41.1 Å². The maximum atomic E-state index is 12.5. The van der Waals surface area contributed by atoms with Crippen LogP contribution >= 0.6 is 0 Å². The van der Waals surface area contributed by atoms with Crippen molar-refractivity contribution in [3.63, 3.8) is 0 Å². The van der Waals surface area contributed by atoms with Gasteiger partial charge in [0.15, 0.2) is 11.4 Å². The summed E-state index contributed by atoms with van der Waals surface area (Å²) >= 11 is 0. The van der Waals surface area contributed by atoms with Gasteiger partial charge in [0.25, 0.3) is 0 Å². The van der Waals surface area contributed by atoms with Crippen LogP contribution in [0.2, 0.25) is 0 Å². The van der Waals surface area contributed by atoms with Crippen LogP contribution in [0.15, 0.2) is 36.0 Å². The highest BCUT2D eigenvalue weighted by Crippen LogP contribution is 2.63. The van der Waals surface area contributed by atoms with Crippen LogP contribution in [-0.2, 0) is 23.9 Å². The molecule has 29 heavy (non-hydrogen) atoms. The molecular weight excluding hydrogens is 372 g/mol. The number of carbonyl (C=O) groups is 3. The Morgan fingerprint density at radius 3 is 2.69 bits per heavy atom. The van der Waals surface area contributed by atoms with E-state index in [1.807, 2.05) is 13.8 Å². The average molecular weight is 402 g/mol. The second-order valence-electron chi connectivity index (χ2n) is 9.20. The van der Waals surface area contributed by atoms with Gasteiger partial charge in [-0.1, -0.05) is 45.4 Å². The van der Waals surface area contributed by atoms with E-state index in [-0.39, 0.29) is 30.1 Å². The summed E-state index contributed by atoms with van der Waals surface area (Å²) in [4.78, 5) is 37.0. The van der Waals surface area contributed by atoms with Crippen molar-refractivity contribution in [3.8, 4) is 0 Å². The highest BCUT2D eigenvalue weighted by Gasteiger charge is 2.69. The Morgan fingerprint density at radius 1 is 1.28 bits per heavy atom. The smallest absolute Gasteiger partial charge is 0.343 e. The third kappa shape index (κ3) is 3.48. The predicted molar refractivity (Wildman–Crippen MR) is 107 cm³/mol. The standard InChI is InChI=1S/C23H30O6/c1-5-6-7-9-16(24)13-18(25)29-17-12-15-14-28-20(26)23(15,27)22(4)11-8-10-21(2,3)19(17)22/h5-7,9,12,17,19,27H,8,10-11,13-14H2,1-4H3/b6-5+,9-7+/t17-,19+,22+,23-/m1/s1. The minimum absolute atomic E-state index is 0.00283. The van der Waals surface area contributed by atoms with E-state index in [1.54, 1.807) is 24.3 Å². The number of aliphatic hydroxyl groups is 1. The fraction of sp³-hybridized carbons (Fsp3) is 0.609. The summed E-state index contributed by atoms with van der Waals surface area (Å²) in [5.74, 6) is -1.84. The monoisotopic (exact) mass is 402 g/mol. The van der Waals surface area contributed by atoms with Gasteiger partial charge in [-0.05, 0) is 37.3 Å². The summed E-state index contributed by atoms with van der Waals surface area (Å²) in [5, 5.41) is 11.4. The third-order valence-electron chi connectivity index (χ3n) is 6.86. The second-order valence-corrected chi connectivity index (χ2v) is 9.20. The summed E-state index contributed by atoms with van der Waals surface area (Å²) in [6, 6.07) is 0. The molecule has 6 heteroatoms. The number of hydrogen-bond acceptors (Lipinski definition) is 6. The lowest BCUT2D eigenvalue weighted by Gasteiger charge is -2.59. The number of rotatable bonds is 5. The molecule has 0 aromatic rings. The number of hydrogen-bond donors (Lipinski definition) is 1. The number of cyclic esters (lactones) is 1. The molecule has 1 heterocycles. The van der Waals surface area contributed by atoms with Gasteiger partial charge in [-0.3, -0.25) is 9.59 Å². The Balaban J connectivity index is 1.90. The quantitative estimate of drug-likeness (QED) is 0.250. The summed E-state index contributed by atoms with van der Waals surface area (Å²) in [6.07, 6.45) is 9.50. The van der Waals surface area contributed by atoms with E-state index < -0.39 is 29.1 Å². The van der Waals surface area contributed by atoms with Crippen LogP contribution in [0.3, 0.4) is 0 Å². The molecule has 0 amide bonds. The molecular formula is C23H30O6. The van der Waals surface area contributed by atoms with Crippen molar-refractivity contribution in [2.45, 2.75) is 65.1 Å². The van der Waals surface area contributed by atoms with Crippen molar-refractivity contribution in [2.24, 2.45) is 16.7 Å². The van der Waals surface area contributed by atoms with E-state index in [0.29, 0.717) is 12.0 Å². The van der Waals surface area contributed by atoms with Crippen molar-refractivity contribution in [3.05, 3.63) is 36.0 Å². The first-order valence-electron chi connectivity index (χ1n) is 10.2. The van der Waals surface area contributed by atoms with Crippen molar-refractivity contribution in [1.29, 1.82) is 0 Å². The molecule has 0 aromatic heterocycles. The maximum absolute atomic E-state index is 12.5. The highest BCUT2D eigenvalue weighted by molar-refractivity contribution is 6.02. The van der Waals surface area contributed by atoms with E-state index in [1.165, 1.54) is 6.08 Å². The predicted octanol–water partition coefficient (Wildman–Crippen LogP) is 3.05. The summed E-state index contributed by atoms with van der Waals surface area (Å²) < 4.78 is 11.0. The van der Waals surface area contributed by atoms with Crippen molar-refractivity contribution < 1.29 is 29.0 Å². The van der Waals surface area contributed by atoms with Crippen molar-refractivity contribution in [1.82, 2.24) is 0 Å². The molecule has 1 saturated heterocycles. The minimum Gasteiger partial charge on any atom is -0.459 e. The molecule has 1 saturated carbocycles. The van der Waals surface area contributed by atoms with Gasteiger partial charge >= 0.3 is 11.9 Å². The van der Waals surface area contributed by atoms with Crippen LogP contribution in [0, 0.1) is 16.7 Å². The molecule has 0 aromatic carbocycles. The van der Waals surface area contributed by atoms with Crippen LogP contribution in [0.25, 0.3) is 0 Å². The van der Waals surface area contributed by atoms with E-state index >= 15 is 0 Å². The molecule has 3 aliphatic rings. The molecule has 3 rings (SSSR count). The zero-order chi connectivity index (χ0) is 21.4. The van der Waals surface area contributed by atoms with E-state index in [0.717, 1.165) is 12.8 Å². The largest absolute Gasteiger partial charge is 0.459 e. The molecule has 158 valence electrons. The summed E-state index contributed by atoms with van der Waals surface area (Å²) in [7, 11) is 0. The second kappa shape index (κ2) is 7.56. The SMILES string of the molecule is C/C=C/C=C/C(=O)CC(=O)O[C@@H]1C=C2COC(=O)[C@@]2(O)[C@@]2(C)CCCC(C)(C)[C@H]12. The zero-order valence-electron chi connectivity index (χ0n) is 17.6. The molecule has 0 bridgehead atoms. The lowest BCUT2D eigenvalue weighted by atomic mass is 9.46. The lowest BCUT2D eigenvalue weighted by Crippen LogP contribution is -2.65. The molecule has 0 unspecified atom stereocenters. The van der Waals surface area contributed by atoms with Crippen molar-refractivity contribution >= 4 is 17.7 Å². The highest BCUT2D eigenvalue weighted by atomic mass is 16.6. The van der Waals surface area contributed by atoms with E-state index in [2.05, 4.69) is 13.8 Å². The average Bonchev–Trinajstić information content (AvgIpc) is 2.91. The Hall–Kier alpha value is -2.21. The van der Waals surface area contributed by atoms with Crippen molar-refractivity contribution in [2.75, 3.05) is 6.61 Å². The number of fused-ring (bicyclic) bond motifs is 3. The summed E-state index contributed by atoms with van der Waals surface area (Å²) in [5.41, 5.74) is -2.32. The minimum atomic E-state index is -1.69. The van der Waals surface area contributed by atoms with Gasteiger partial charge < -0.3 is 14.6 Å². The molecule has 6 nitrogen and oxygen atoms in total. The van der Waals surface area contributed by atoms with E-state index in [9.17, 15) is 19.5 Å². The topological polar surface area (TPSA) is 89.9 Å². The normalized spacial score (nSPS) is 35.8. The first kappa shape index (κ1) is 21.5. The third-order valence-corrected chi connectivity index (χ3v) is 6.86. The number of ketones is 1. The Morgan fingerprint density at radius 2 is 2.00 bits per heavy atom. The molecule has 1 aliphatic heterocycles. The Kier molecular flexibility index (Phi) is 5.60. The van der Waals surface area contributed by atoms with E-state index in [4.69, 9.17) is 9.47 Å². The van der Waals surface area contributed by atoms with Crippen LogP contribution in [0.5, 0.6) is 0 Å². The van der Waals surface area contributed by atoms with Gasteiger partial charge in [0, 0.05) is 16.9 Å². The van der Waals surface area contributed by atoms with Gasteiger partial charge in [0.2, 0.25) is 0 Å². The first-order chi connectivity index (χ1) is 13.6. The molecule has 0 radical (unpaired) electrons. The lowest BCUT2D eigenvalue weighted by molar-refractivity contribution is -0.196. The first-order valence-corrected chi connectivity index (χ1v) is 10.2. The van der Waals surface area contributed by atoms with Gasteiger partial charge in [0.05, 0.1) is 0 Å². The molecule has 1 N–H and O–H groups in total. The number of esters is 2. The van der Waals surface area contributed by atoms with Gasteiger partial charge in [0.1, 0.15) is 19.1 Å². The fourth-order valence-corrected chi connectivity index (χ4v) is 5.61. The summed E-state index contributed by atoms with van der Waals surface area (Å²) in [6.45, 7) is 7.87. The van der Waals surface area contributed by atoms with Crippen LogP contribution < -0.4 is 0 Å². The Bertz CT molecular complexity index is 804. The zero-order valence-corrected chi connectivity index (χ0v) is 17.6. The molecule has 4 atom stereocenters. The molecule has 2 fully saturated rings. The molecule has 2 aliphatic carbocycles.